The fourth-order valence-electron chi connectivity index (χ4n) is 2.05. The van der Waals surface area contributed by atoms with Gasteiger partial charge in [-0.15, -0.1) is 0 Å². The lowest BCUT2D eigenvalue weighted by Gasteiger charge is -2.12. The number of hydrogen-bond acceptors (Lipinski definition) is 5. The van der Waals surface area contributed by atoms with Gasteiger partial charge in [-0.2, -0.15) is 5.10 Å². The predicted molar refractivity (Wildman–Crippen MR) is 88.5 cm³/mol. The van der Waals surface area contributed by atoms with E-state index in [1.807, 2.05) is 31.2 Å². The Morgan fingerprint density at radius 3 is 2.18 bits per heavy atom. The predicted octanol–water partition coefficient (Wildman–Crippen LogP) is 3.47. The van der Waals surface area contributed by atoms with Crippen LogP contribution < -0.4 is 19.6 Å². The molecule has 0 amide bonds. The molecule has 22 heavy (non-hydrogen) atoms. The molecule has 0 aliphatic heterocycles. The summed E-state index contributed by atoms with van der Waals surface area (Å²) >= 11 is 0. The molecule has 1 N–H and O–H groups in total. The van der Waals surface area contributed by atoms with Crippen molar-refractivity contribution in [2.75, 3.05) is 26.8 Å². The molecule has 2 rings (SSSR count). The summed E-state index contributed by atoms with van der Waals surface area (Å²) in [5.74, 6) is 1.93. The first-order chi connectivity index (χ1) is 10.7. The van der Waals surface area contributed by atoms with Crippen LogP contribution >= 0.6 is 0 Å². The number of nitrogens with one attached hydrogen (secondary N) is 1. The number of rotatable bonds is 6. The van der Waals surface area contributed by atoms with E-state index in [-0.39, 0.29) is 0 Å². The van der Waals surface area contributed by atoms with E-state index in [1.54, 1.807) is 39.7 Å². The van der Waals surface area contributed by atoms with Crippen LogP contribution in [0.3, 0.4) is 0 Å². The summed E-state index contributed by atoms with van der Waals surface area (Å²) in [6, 6.07) is 11.5. The Kier molecular flexibility index (Phi) is 5.25. The first-order valence-corrected chi connectivity index (χ1v) is 6.83. The zero-order valence-electron chi connectivity index (χ0n) is 13.2. The lowest BCUT2D eigenvalue weighted by molar-refractivity contribution is 0.374. The molecule has 0 spiro atoms. The Morgan fingerprint density at radius 2 is 1.64 bits per heavy atom. The minimum atomic E-state index is 0.631. The van der Waals surface area contributed by atoms with Gasteiger partial charge in [0.05, 0.1) is 38.8 Å². The first kappa shape index (κ1) is 15.7. The number of hydrazone groups is 1. The highest BCUT2D eigenvalue weighted by Gasteiger charge is 2.11. The Labute approximate surface area is 130 Å². The molecular formula is C17H20N2O3. The number of benzene rings is 2. The highest BCUT2D eigenvalue weighted by atomic mass is 16.5. The molecule has 0 atom stereocenters. The van der Waals surface area contributed by atoms with Crippen LogP contribution in [-0.2, 0) is 0 Å². The summed E-state index contributed by atoms with van der Waals surface area (Å²) in [5.41, 5.74) is 5.82. The standard InChI is InChI=1S/C17H20N2O3/c1-12-6-5-7-13(8-12)19-18-11-15-16(21-3)9-14(20-2)10-17(15)22-4/h5-11,19H,1-4H3/b18-11-. The van der Waals surface area contributed by atoms with Crippen molar-refractivity contribution in [1.29, 1.82) is 0 Å². The second-order valence-corrected chi connectivity index (χ2v) is 4.69. The van der Waals surface area contributed by atoms with E-state index in [0.717, 1.165) is 11.3 Å². The summed E-state index contributed by atoms with van der Waals surface area (Å²) in [5, 5.41) is 4.25. The largest absolute Gasteiger partial charge is 0.496 e. The number of ether oxygens (including phenoxy) is 3. The molecule has 0 aliphatic rings. The molecule has 116 valence electrons. The van der Waals surface area contributed by atoms with Gasteiger partial charge in [-0.1, -0.05) is 12.1 Å². The summed E-state index contributed by atoms with van der Waals surface area (Å²) < 4.78 is 16.0. The maximum absolute atomic E-state index is 5.37. The van der Waals surface area contributed by atoms with E-state index in [4.69, 9.17) is 14.2 Å². The van der Waals surface area contributed by atoms with Gasteiger partial charge in [0.2, 0.25) is 0 Å². The molecule has 2 aromatic carbocycles. The van der Waals surface area contributed by atoms with Crippen molar-refractivity contribution >= 4 is 11.9 Å². The molecule has 0 fully saturated rings. The molecule has 0 heterocycles. The summed E-state index contributed by atoms with van der Waals surface area (Å²) in [7, 11) is 4.79. The molecule has 5 heteroatoms. The third-order valence-electron chi connectivity index (χ3n) is 3.16. The fourth-order valence-corrected chi connectivity index (χ4v) is 2.05. The van der Waals surface area contributed by atoms with Crippen LogP contribution in [0, 0.1) is 6.92 Å². The smallest absolute Gasteiger partial charge is 0.135 e. The molecule has 0 saturated heterocycles. The molecule has 0 radical (unpaired) electrons. The van der Waals surface area contributed by atoms with Gasteiger partial charge < -0.3 is 14.2 Å². The zero-order valence-corrected chi connectivity index (χ0v) is 13.2. The average Bonchev–Trinajstić information content (AvgIpc) is 2.54. The van der Waals surface area contributed by atoms with Crippen LogP contribution in [0.5, 0.6) is 17.2 Å². The normalized spacial score (nSPS) is 10.5. The van der Waals surface area contributed by atoms with Crippen LogP contribution in [0.15, 0.2) is 41.5 Å². The van der Waals surface area contributed by atoms with Crippen LogP contribution in [-0.4, -0.2) is 27.5 Å². The van der Waals surface area contributed by atoms with Crippen molar-refractivity contribution in [3.8, 4) is 17.2 Å². The van der Waals surface area contributed by atoms with Gasteiger partial charge in [0.1, 0.15) is 17.2 Å². The molecule has 0 bridgehead atoms. The molecule has 0 aromatic heterocycles. The van der Waals surface area contributed by atoms with Crippen molar-refractivity contribution in [3.05, 3.63) is 47.5 Å². The van der Waals surface area contributed by atoms with Crippen molar-refractivity contribution < 1.29 is 14.2 Å². The quantitative estimate of drug-likeness (QED) is 0.655. The van der Waals surface area contributed by atoms with Crippen molar-refractivity contribution in [2.24, 2.45) is 5.10 Å². The zero-order chi connectivity index (χ0) is 15.9. The molecule has 0 aliphatic carbocycles. The Bertz CT molecular complexity index is 644. The summed E-state index contributed by atoms with van der Waals surface area (Å²) in [4.78, 5) is 0. The number of nitrogens with zero attached hydrogens (tertiary/aromatic N) is 1. The SMILES string of the molecule is COc1cc(OC)c(/C=N\Nc2cccc(C)c2)c(OC)c1. The van der Waals surface area contributed by atoms with Gasteiger partial charge in [-0.3, -0.25) is 5.43 Å². The Balaban J connectivity index is 2.25. The second kappa shape index (κ2) is 7.36. The topological polar surface area (TPSA) is 52.1 Å². The van der Waals surface area contributed by atoms with E-state index in [9.17, 15) is 0 Å². The van der Waals surface area contributed by atoms with Crippen molar-refractivity contribution in [2.45, 2.75) is 6.92 Å². The van der Waals surface area contributed by atoms with Gasteiger partial charge in [-0.25, -0.2) is 0 Å². The first-order valence-electron chi connectivity index (χ1n) is 6.83. The monoisotopic (exact) mass is 300 g/mol. The number of hydrogen-bond donors (Lipinski definition) is 1. The van der Waals surface area contributed by atoms with Crippen LogP contribution in [0.25, 0.3) is 0 Å². The molecule has 0 saturated carbocycles. The lowest BCUT2D eigenvalue weighted by atomic mass is 10.2. The van der Waals surface area contributed by atoms with E-state index < -0.39 is 0 Å². The van der Waals surface area contributed by atoms with Gasteiger partial charge in [-0.05, 0) is 24.6 Å². The van der Waals surface area contributed by atoms with Crippen LogP contribution in [0.4, 0.5) is 5.69 Å². The maximum Gasteiger partial charge on any atom is 0.135 e. The highest BCUT2D eigenvalue weighted by Crippen LogP contribution is 2.32. The number of anilines is 1. The number of aryl methyl sites for hydroxylation is 1. The van der Waals surface area contributed by atoms with E-state index in [2.05, 4.69) is 10.5 Å². The van der Waals surface area contributed by atoms with Crippen LogP contribution in [0.1, 0.15) is 11.1 Å². The number of methoxy groups -OCH3 is 3. The minimum absolute atomic E-state index is 0.631. The van der Waals surface area contributed by atoms with Gasteiger partial charge in [0.25, 0.3) is 0 Å². The van der Waals surface area contributed by atoms with E-state index in [1.165, 1.54) is 5.56 Å². The third-order valence-corrected chi connectivity index (χ3v) is 3.16. The Hall–Kier alpha value is -2.69. The fraction of sp³-hybridized carbons (Fsp3) is 0.235. The minimum Gasteiger partial charge on any atom is -0.496 e. The molecule has 0 unspecified atom stereocenters. The Morgan fingerprint density at radius 1 is 0.955 bits per heavy atom. The van der Waals surface area contributed by atoms with Crippen molar-refractivity contribution in [3.63, 3.8) is 0 Å². The summed E-state index contributed by atoms with van der Waals surface area (Å²) in [6.07, 6.45) is 1.67. The lowest BCUT2D eigenvalue weighted by Crippen LogP contribution is -1.99. The van der Waals surface area contributed by atoms with Gasteiger partial charge in [0.15, 0.2) is 0 Å². The highest BCUT2D eigenvalue weighted by molar-refractivity contribution is 5.88. The third kappa shape index (κ3) is 3.69. The van der Waals surface area contributed by atoms with Crippen LogP contribution in [0.2, 0.25) is 0 Å². The van der Waals surface area contributed by atoms with E-state index >= 15 is 0 Å². The molecule has 5 nitrogen and oxygen atoms in total. The maximum atomic E-state index is 5.37. The van der Waals surface area contributed by atoms with Gasteiger partial charge >= 0.3 is 0 Å². The summed E-state index contributed by atoms with van der Waals surface area (Å²) in [6.45, 7) is 2.03. The van der Waals surface area contributed by atoms with Gasteiger partial charge in [0, 0.05) is 12.1 Å². The molecular weight excluding hydrogens is 280 g/mol. The molecule has 2 aromatic rings. The van der Waals surface area contributed by atoms with E-state index in [0.29, 0.717) is 17.2 Å². The average molecular weight is 300 g/mol. The second-order valence-electron chi connectivity index (χ2n) is 4.69. The van der Waals surface area contributed by atoms with Crippen molar-refractivity contribution in [1.82, 2.24) is 0 Å².